The molecule has 3 aromatic rings. The first-order valence-electron chi connectivity index (χ1n) is 7.19. The zero-order valence-corrected chi connectivity index (χ0v) is 12.1. The van der Waals surface area contributed by atoms with Gasteiger partial charge >= 0.3 is 0 Å². The first kappa shape index (κ1) is 13.4. The van der Waals surface area contributed by atoms with E-state index in [4.69, 9.17) is 0 Å². The van der Waals surface area contributed by atoms with Gasteiger partial charge in [0.2, 0.25) is 5.95 Å². The molecule has 0 saturated heterocycles. The number of aliphatic imine (C=N–C) groups is 1. The number of aromatic nitrogens is 3. The predicted molar refractivity (Wildman–Crippen MR) is 86.5 cm³/mol. The molecule has 2 heterocycles. The Kier molecular flexibility index (Phi) is 3.20. The summed E-state index contributed by atoms with van der Waals surface area (Å²) in [5, 5.41) is 17.4. The zero-order valence-electron chi connectivity index (χ0n) is 12.1. The molecule has 23 heavy (non-hydrogen) atoms. The fourth-order valence-electron chi connectivity index (χ4n) is 2.75. The average Bonchev–Trinajstić information content (AvgIpc) is 3.09. The molecule has 112 valence electrons. The molecule has 4 rings (SSSR count). The van der Waals surface area contributed by atoms with E-state index in [9.17, 15) is 5.21 Å². The Balaban J connectivity index is 1.93. The van der Waals surface area contributed by atoms with E-state index in [1.54, 1.807) is 4.68 Å². The minimum Gasteiger partial charge on any atom is -0.411 e. The quantitative estimate of drug-likeness (QED) is 0.584. The number of benzene rings is 2. The van der Waals surface area contributed by atoms with E-state index in [1.807, 2.05) is 60.7 Å². The van der Waals surface area contributed by atoms with Crippen molar-refractivity contribution in [3.05, 3.63) is 78.1 Å². The number of hydrogen-bond acceptors (Lipinski definition) is 5. The molecule has 0 amide bonds. The summed E-state index contributed by atoms with van der Waals surface area (Å²) in [5.41, 5.74) is 2.87. The van der Waals surface area contributed by atoms with Crippen LogP contribution in [0.5, 0.6) is 0 Å². The highest BCUT2D eigenvalue weighted by molar-refractivity contribution is 6.50. The van der Waals surface area contributed by atoms with Gasteiger partial charge in [0.05, 0.1) is 0 Å². The number of rotatable bonds is 2. The molecule has 0 radical (unpaired) electrons. The molecule has 0 saturated carbocycles. The van der Waals surface area contributed by atoms with E-state index in [2.05, 4.69) is 20.2 Å². The molecule has 0 fully saturated rings. The molecule has 6 heteroatoms. The summed E-state index contributed by atoms with van der Waals surface area (Å²) in [6.07, 6.45) is 1.46. The van der Waals surface area contributed by atoms with Gasteiger partial charge in [-0.25, -0.2) is 9.67 Å². The van der Waals surface area contributed by atoms with Gasteiger partial charge in [-0.3, -0.25) is 0 Å². The number of hydrogen-bond donors (Lipinski definition) is 1. The molecular formula is C17H13N5O. The van der Waals surface area contributed by atoms with Crippen molar-refractivity contribution in [3.63, 3.8) is 0 Å². The van der Waals surface area contributed by atoms with E-state index in [0.717, 1.165) is 11.1 Å². The summed E-state index contributed by atoms with van der Waals surface area (Å²) in [5.74, 6) is 0.491. The van der Waals surface area contributed by atoms with Crippen LogP contribution in [-0.2, 0) is 0 Å². The van der Waals surface area contributed by atoms with Crippen LogP contribution >= 0.6 is 0 Å². The molecule has 0 unspecified atom stereocenters. The number of nitrogens with zero attached hydrogens (tertiary/aromatic N) is 5. The highest BCUT2D eigenvalue weighted by Crippen LogP contribution is 2.30. The Morgan fingerprint density at radius 1 is 0.957 bits per heavy atom. The van der Waals surface area contributed by atoms with E-state index in [0.29, 0.717) is 17.4 Å². The van der Waals surface area contributed by atoms with Crippen molar-refractivity contribution < 1.29 is 5.21 Å². The summed E-state index contributed by atoms with van der Waals surface area (Å²) >= 11 is 0. The van der Waals surface area contributed by atoms with Gasteiger partial charge in [-0.1, -0.05) is 65.8 Å². The molecule has 1 atom stereocenters. The van der Waals surface area contributed by atoms with Crippen LogP contribution < -0.4 is 0 Å². The predicted octanol–water partition coefficient (Wildman–Crippen LogP) is 2.83. The second kappa shape index (κ2) is 5.49. The molecule has 2 aromatic carbocycles. The second-order valence-electron chi connectivity index (χ2n) is 5.13. The highest BCUT2D eigenvalue weighted by Gasteiger charge is 2.33. The summed E-state index contributed by atoms with van der Waals surface area (Å²) in [4.78, 5) is 8.72. The summed E-state index contributed by atoms with van der Waals surface area (Å²) in [6.45, 7) is 0. The lowest BCUT2D eigenvalue weighted by Gasteiger charge is -2.24. The monoisotopic (exact) mass is 303 g/mol. The Morgan fingerprint density at radius 2 is 1.65 bits per heavy atom. The van der Waals surface area contributed by atoms with Crippen molar-refractivity contribution in [2.24, 2.45) is 10.1 Å². The van der Waals surface area contributed by atoms with Crippen molar-refractivity contribution in [2.45, 2.75) is 6.04 Å². The van der Waals surface area contributed by atoms with Crippen LogP contribution in [0.1, 0.15) is 17.2 Å². The van der Waals surface area contributed by atoms with Gasteiger partial charge in [0.25, 0.3) is 0 Å². The van der Waals surface area contributed by atoms with Gasteiger partial charge in [-0.2, -0.15) is 10.1 Å². The molecule has 0 aliphatic carbocycles. The van der Waals surface area contributed by atoms with Crippen LogP contribution in [0.2, 0.25) is 0 Å². The number of fused-ring (bicyclic) bond motifs is 1. The summed E-state index contributed by atoms with van der Waals surface area (Å²) < 4.78 is 1.66. The minimum absolute atomic E-state index is 0.369. The maximum Gasteiger partial charge on any atom is 0.249 e. The van der Waals surface area contributed by atoms with Gasteiger partial charge in [0.1, 0.15) is 23.8 Å². The summed E-state index contributed by atoms with van der Waals surface area (Å²) in [6, 6.07) is 19.0. The molecule has 0 bridgehead atoms. The first-order valence-corrected chi connectivity index (χ1v) is 7.19. The third kappa shape index (κ3) is 2.20. The van der Waals surface area contributed by atoms with Gasteiger partial charge < -0.3 is 5.21 Å². The van der Waals surface area contributed by atoms with Crippen molar-refractivity contribution in [1.82, 2.24) is 14.8 Å². The normalized spacial score (nSPS) is 18.5. The van der Waals surface area contributed by atoms with Gasteiger partial charge in [-0.05, 0) is 5.56 Å². The highest BCUT2D eigenvalue weighted by atomic mass is 16.4. The first-order chi connectivity index (χ1) is 11.4. The van der Waals surface area contributed by atoms with Crippen LogP contribution in [0, 0.1) is 0 Å². The maximum absolute atomic E-state index is 9.66. The largest absolute Gasteiger partial charge is 0.411 e. The Bertz CT molecular complexity index is 884. The zero-order chi connectivity index (χ0) is 15.6. The third-order valence-corrected chi connectivity index (χ3v) is 3.78. The molecule has 1 aliphatic rings. The Hall–Kier alpha value is -3.28. The molecule has 1 N–H and O–H groups in total. The molecule has 1 aliphatic heterocycles. The van der Waals surface area contributed by atoms with Crippen molar-refractivity contribution >= 4 is 17.4 Å². The fraction of sp³-hybridized carbons (Fsp3) is 0.0588. The van der Waals surface area contributed by atoms with Crippen LogP contribution in [0.4, 0.5) is 5.95 Å². The van der Waals surface area contributed by atoms with E-state index in [1.165, 1.54) is 6.33 Å². The van der Waals surface area contributed by atoms with E-state index < -0.39 is 0 Å². The Morgan fingerprint density at radius 3 is 2.35 bits per heavy atom. The lowest BCUT2D eigenvalue weighted by molar-refractivity contribution is 0.316. The Labute approximate surface area is 132 Å². The fourth-order valence-corrected chi connectivity index (χ4v) is 2.75. The van der Waals surface area contributed by atoms with Crippen molar-refractivity contribution in [3.8, 4) is 0 Å². The smallest absolute Gasteiger partial charge is 0.249 e. The molecule has 1 aromatic heterocycles. The maximum atomic E-state index is 9.66. The lowest BCUT2D eigenvalue weighted by Crippen LogP contribution is -2.32. The van der Waals surface area contributed by atoms with Crippen LogP contribution in [0.15, 0.2) is 77.1 Å². The van der Waals surface area contributed by atoms with Crippen LogP contribution in [0.3, 0.4) is 0 Å². The van der Waals surface area contributed by atoms with Crippen LogP contribution in [0.25, 0.3) is 0 Å². The van der Waals surface area contributed by atoms with Gasteiger partial charge in [0, 0.05) is 5.56 Å². The second-order valence-corrected chi connectivity index (χ2v) is 5.13. The van der Waals surface area contributed by atoms with Crippen molar-refractivity contribution in [1.29, 1.82) is 0 Å². The average molecular weight is 303 g/mol. The van der Waals surface area contributed by atoms with Gasteiger partial charge in [-0.15, -0.1) is 0 Å². The molecular weight excluding hydrogens is 290 g/mol. The summed E-state index contributed by atoms with van der Waals surface area (Å²) in [7, 11) is 0. The standard InChI is InChI=1S/C17H13N5O/c23-21-15-14(12-7-3-1-4-8-12)20-17-18-11-19-22(17)16(15)13-9-5-2-6-10-13/h1-11,16,23H/b21-15+/t16-/m0/s1. The lowest BCUT2D eigenvalue weighted by atomic mass is 9.94. The third-order valence-electron chi connectivity index (χ3n) is 3.78. The van der Waals surface area contributed by atoms with E-state index >= 15 is 0 Å². The van der Waals surface area contributed by atoms with Gasteiger partial charge in [0.15, 0.2) is 0 Å². The SMILES string of the molecule is O/N=C1\C(c2ccccc2)=Nc2ncnn2[C@H]1c1ccccc1. The number of oxime groups is 1. The van der Waals surface area contributed by atoms with Crippen LogP contribution in [-0.4, -0.2) is 31.4 Å². The van der Waals surface area contributed by atoms with Crippen molar-refractivity contribution in [2.75, 3.05) is 0 Å². The minimum atomic E-state index is -0.369. The topological polar surface area (TPSA) is 75.7 Å². The molecule has 0 spiro atoms. The molecule has 6 nitrogen and oxygen atoms in total. The van der Waals surface area contributed by atoms with E-state index in [-0.39, 0.29) is 6.04 Å².